The summed E-state index contributed by atoms with van der Waals surface area (Å²) in [5.74, 6) is 0.156. The molecule has 1 atom stereocenters. The number of amides is 1. The van der Waals surface area contributed by atoms with Crippen molar-refractivity contribution >= 4 is 21.6 Å². The van der Waals surface area contributed by atoms with Gasteiger partial charge in [-0.25, -0.2) is 8.42 Å². The fourth-order valence-electron chi connectivity index (χ4n) is 4.34. The van der Waals surface area contributed by atoms with Crippen molar-refractivity contribution in [3.05, 3.63) is 54.1 Å². The molecule has 1 amide bonds. The van der Waals surface area contributed by atoms with E-state index in [1.807, 2.05) is 12.1 Å². The molecule has 1 fully saturated rings. The van der Waals surface area contributed by atoms with E-state index in [1.165, 1.54) is 10.7 Å². The van der Waals surface area contributed by atoms with Gasteiger partial charge in [-0.3, -0.25) is 9.10 Å². The van der Waals surface area contributed by atoms with Gasteiger partial charge in [-0.1, -0.05) is 64.3 Å². The van der Waals surface area contributed by atoms with Crippen LogP contribution in [-0.2, 0) is 20.2 Å². The van der Waals surface area contributed by atoms with Crippen molar-refractivity contribution in [3.8, 4) is 5.75 Å². The van der Waals surface area contributed by atoms with Crippen LogP contribution in [0, 0.1) is 0 Å². The minimum atomic E-state index is -3.86. The zero-order valence-electron chi connectivity index (χ0n) is 19.0. The zero-order valence-corrected chi connectivity index (χ0v) is 19.8. The molecule has 4 rings (SSSR count). The van der Waals surface area contributed by atoms with Crippen LogP contribution < -0.4 is 14.4 Å². The molecule has 7 heteroatoms. The van der Waals surface area contributed by atoms with E-state index in [-0.39, 0.29) is 28.8 Å². The number of nitrogens with one attached hydrogen (secondary N) is 1. The van der Waals surface area contributed by atoms with Gasteiger partial charge in [0.25, 0.3) is 15.9 Å². The third kappa shape index (κ3) is 4.63. The standard InChI is InChI=1S/C25H32N2O4S/c1-25(2,3)18-14-15-22-21(16-18)27(32(29,30)20-12-8-5-9-13-20)17-23(31-22)24(28)26-19-10-6-4-7-11-19/h5,8-9,12-16,19,23H,4,6-7,10-11,17H2,1-3H3,(H,26,28)/t23-/m1/s1. The summed E-state index contributed by atoms with van der Waals surface area (Å²) in [5.41, 5.74) is 1.31. The van der Waals surface area contributed by atoms with E-state index in [9.17, 15) is 13.2 Å². The maximum atomic E-state index is 13.6. The molecule has 0 unspecified atom stereocenters. The van der Waals surface area contributed by atoms with Crippen LogP contribution >= 0.6 is 0 Å². The summed E-state index contributed by atoms with van der Waals surface area (Å²) in [5, 5.41) is 3.08. The number of hydrogen-bond donors (Lipinski definition) is 1. The van der Waals surface area contributed by atoms with Crippen LogP contribution in [0.2, 0.25) is 0 Å². The van der Waals surface area contributed by atoms with Gasteiger partial charge in [-0.05, 0) is 48.1 Å². The minimum Gasteiger partial charge on any atom is -0.476 e. The lowest BCUT2D eigenvalue weighted by molar-refractivity contribution is -0.128. The minimum absolute atomic E-state index is 0.0591. The summed E-state index contributed by atoms with van der Waals surface area (Å²) in [7, 11) is -3.86. The third-order valence-corrected chi connectivity index (χ3v) is 8.06. The number of nitrogens with zero attached hydrogens (tertiary/aromatic N) is 1. The summed E-state index contributed by atoms with van der Waals surface area (Å²) in [6.45, 7) is 6.18. The predicted molar refractivity (Wildman–Crippen MR) is 126 cm³/mol. The Labute approximate surface area is 191 Å². The van der Waals surface area contributed by atoms with Crippen molar-refractivity contribution in [1.29, 1.82) is 0 Å². The molecule has 1 heterocycles. The summed E-state index contributed by atoms with van der Waals surface area (Å²) >= 11 is 0. The van der Waals surface area contributed by atoms with Crippen molar-refractivity contribution < 1.29 is 17.9 Å². The highest BCUT2D eigenvalue weighted by Gasteiger charge is 2.38. The van der Waals surface area contributed by atoms with Crippen molar-refractivity contribution in [2.24, 2.45) is 0 Å². The number of ether oxygens (including phenoxy) is 1. The smallest absolute Gasteiger partial charge is 0.264 e. The normalized spacial score (nSPS) is 19.7. The zero-order chi connectivity index (χ0) is 22.9. The highest BCUT2D eigenvalue weighted by Crippen LogP contribution is 2.40. The molecule has 2 aromatic rings. The van der Waals surface area contributed by atoms with E-state index in [1.54, 1.807) is 36.4 Å². The summed E-state index contributed by atoms with van der Waals surface area (Å²) < 4.78 is 34.6. The molecule has 0 radical (unpaired) electrons. The lowest BCUT2D eigenvalue weighted by Gasteiger charge is -2.36. The van der Waals surface area contributed by atoms with E-state index < -0.39 is 16.1 Å². The quantitative estimate of drug-likeness (QED) is 0.740. The number of carbonyl (C=O) groups excluding carboxylic acids is 1. The maximum absolute atomic E-state index is 13.6. The molecule has 2 aromatic carbocycles. The average Bonchev–Trinajstić information content (AvgIpc) is 2.78. The lowest BCUT2D eigenvalue weighted by atomic mass is 9.86. The highest BCUT2D eigenvalue weighted by atomic mass is 32.2. The van der Waals surface area contributed by atoms with Crippen LogP contribution in [0.25, 0.3) is 0 Å². The second-order valence-electron chi connectivity index (χ2n) is 9.73. The fourth-order valence-corrected chi connectivity index (χ4v) is 5.83. The monoisotopic (exact) mass is 456 g/mol. The molecule has 1 aliphatic carbocycles. The molecule has 0 bridgehead atoms. The molecule has 1 saturated carbocycles. The SMILES string of the molecule is CC(C)(C)c1ccc2c(c1)N(S(=O)(=O)c1ccccc1)C[C@H](C(=O)NC1CCCCC1)O2. The Morgan fingerprint density at radius 3 is 2.38 bits per heavy atom. The van der Waals surface area contributed by atoms with Crippen LogP contribution in [0.1, 0.15) is 58.4 Å². The number of benzene rings is 2. The summed E-state index contributed by atoms with van der Waals surface area (Å²) in [6, 6.07) is 14.1. The van der Waals surface area contributed by atoms with Crippen molar-refractivity contribution in [2.45, 2.75) is 75.3 Å². The first-order chi connectivity index (χ1) is 15.2. The molecule has 172 valence electrons. The lowest BCUT2D eigenvalue weighted by Crippen LogP contribution is -2.52. The Hall–Kier alpha value is -2.54. The highest BCUT2D eigenvalue weighted by molar-refractivity contribution is 7.92. The van der Waals surface area contributed by atoms with E-state index in [2.05, 4.69) is 26.1 Å². The number of sulfonamides is 1. The average molecular weight is 457 g/mol. The molecule has 0 saturated heterocycles. The Kier molecular flexibility index (Phi) is 6.21. The largest absolute Gasteiger partial charge is 0.476 e. The first-order valence-electron chi connectivity index (χ1n) is 11.4. The van der Waals surface area contributed by atoms with Gasteiger partial charge in [0.1, 0.15) is 5.75 Å². The van der Waals surface area contributed by atoms with E-state index in [4.69, 9.17) is 4.74 Å². The van der Waals surface area contributed by atoms with Crippen molar-refractivity contribution in [3.63, 3.8) is 0 Å². The summed E-state index contributed by atoms with van der Waals surface area (Å²) in [4.78, 5) is 13.2. The Bertz CT molecular complexity index is 1070. The first-order valence-corrected chi connectivity index (χ1v) is 12.8. The number of hydrogen-bond acceptors (Lipinski definition) is 4. The molecule has 0 spiro atoms. The second-order valence-corrected chi connectivity index (χ2v) is 11.6. The summed E-state index contributed by atoms with van der Waals surface area (Å²) in [6.07, 6.45) is 4.40. The van der Waals surface area contributed by atoms with Crippen LogP contribution in [0.3, 0.4) is 0 Å². The van der Waals surface area contributed by atoms with Gasteiger partial charge in [0.05, 0.1) is 17.1 Å². The van der Waals surface area contributed by atoms with Crippen LogP contribution in [0.5, 0.6) is 5.75 Å². The molecule has 6 nitrogen and oxygen atoms in total. The Morgan fingerprint density at radius 2 is 1.72 bits per heavy atom. The molecule has 0 aromatic heterocycles. The van der Waals surface area contributed by atoms with Gasteiger partial charge in [0, 0.05) is 6.04 Å². The van der Waals surface area contributed by atoms with Crippen LogP contribution in [0.15, 0.2) is 53.4 Å². The Morgan fingerprint density at radius 1 is 1.03 bits per heavy atom. The molecule has 1 N–H and O–H groups in total. The van der Waals surface area contributed by atoms with Gasteiger partial charge < -0.3 is 10.1 Å². The fraction of sp³-hybridized carbons (Fsp3) is 0.480. The molecule has 2 aliphatic rings. The first kappa shape index (κ1) is 22.6. The molecule has 32 heavy (non-hydrogen) atoms. The van der Waals surface area contributed by atoms with Crippen molar-refractivity contribution in [1.82, 2.24) is 5.32 Å². The number of carbonyl (C=O) groups is 1. The van der Waals surface area contributed by atoms with Gasteiger partial charge in [0.15, 0.2) is 6.10 Å². The van der Waals surface area contributed by atoms with Crippen LogP contribution in [-0.4, -0.2) is 33.0 Å². The predicted octanol–water partition coefficient (Wildman–Crippen LogP) is 4.39. The van der Waals surface area contributed by atoms with Crippen LogP contribution in [0.4, 0.5) is 5.69 Å². The van der Waals surface area contributed by atoms with E-state index >= 15 is 0 Å². The number of rotatable bonds is 4. The number of anilines is 1. The van der Waals surface area contributed by atoms with Gasteiger partial charge >= 0.3 is 0 Å². The Balaban J connectivity index is 1.70. The maximum Gasteiger partial charge on any atom is 0.264 e. The second kappa shape index (κ2) is 8.77. The molecule has 1 aliphatic heterocycles. The molecular weight excluding hydrogens is 424 g/mol. The van der Waals surface area contributed by atoms with E-state index in [0.29, 0.717) is 11.4 Å². The molecular formula is C25H32N2O4S. The van der Waals surface area contributed by atoms with Gasteiger partial charge in [0.2, 0.25) is 0 Å². The third-order valence-electron chi connectivity index (χ3n) is 6.27. The van der Waals surface area contributed by atoms with E-state index in [0.717, 1.165) is 31.2 Å². The number of fused-ring (bicyclic) bond motifs is 1. The van der Waals surface area contributed by atoms with Gasteiger partial charge in [-0.2, -0.15) is 0 Å². The van der Waals surface area contributed by atoms with Gasteiger partial charge in [-0.15, -0.1) is 0 Å². The topological polar surface area (TPSA) is 75.7 Å². The van der Waals surface area contributed by atoms with Crippen molar-refractivity contribution in [2.75, 3.05) is 10.8 Å².